The second kappa shape index (κ2) is 10.4. The fraction of sp³-hybridized carbons (Fsp3) is 0.292. The molecule has 0 atom stereocenters. The van der Waals surface area contributed by atoms with Crippen LogP contribution in [0.1, 0.15) is 11.3 Å². The molecule has 1 aliphatic heterocycles. The van der Waals surface area contributed by atoms with Crippen LogP contribution >= 0.6 is 11.8 Å². The first-order valence-corrected chi connectivity index (χ1v) is 11.4. The number of anilines is 2. The van der Waals surface area contributed by atoms with Gasteiger partial charge >= 0.3 is 0 Å². The molecule has 1 amide bonds. The van der Waals surface area contributed by atoms with E-state index in [1.165, 1.54) is 11.3 Å². The standard InChI is InChI=1S/C24H27N3O2S/c28-24(19-30-18-23-7-4-16-29-23)25-21-8-10-22(11-9-21)27-14-12-26(13-15-27)17-20-5-2-1-3-6-20/h1-11,16H,12-15,17-19H2,(H,25,28). The number of carbonyl (C=O) groups is 1. The Morgan fingerprint density at radius 2 is 1.70 bits per heavy atom. The van der Waals surface area contributed by atoms with Crippen LogP contribution < -0.4 is 10.2 Å². The number of benzene rings is 2. The molecule has 1 saturated heterocycles. The molecule has 4 rings (SSSR count). The third-order valence-corrected chi connectivity index (χ3v) is 6.15. The molecule has 3 aromatic rings. The van der Waals surface area contributed by atoms with Crippen LogP contribution in [0.25, 0.3) is 0 Å². The largest absolute Gasteiger partial charge is 0.468 e. The second-order valence-corrected chi connectivity index (χ2v) is 8.40. The Balaban J connectivity index is 1.20. The SMILES string of the molecule is O=C(CSCc1ccco1)Nc1ccc(N2CCN(Cc3ccccc3)CC2)cc1. The quantitative estimate of drug-likeness (QED) is 0.581. The van der Waals surface area contributed by atoms with E-state index in [1.807, 2.05) is 24.3 Å². The molecule has 5 nitrogen and oxygen atoms in total. The minimum absolute atomic E-state index is 0.00818. The van der Waals surface area contributed by atoms with E-state index < -0.39 is 0 Å². The molecule has 156 valence electrons. The number of hydrogen-bond donors (Lipinski definition) is 1. The lowest BCUT2D eigenvalue weighted by molar-refractivity contribution is -0.113. The molecule has 1 fully saturated rings. The number of nitrogens with one attached hydrogen (secondary N) is 1. The molecule has 0 radical (unpaired) electrons. The molecular weight excluding hydrogens is 394 g/mol. The van der Waals surface area contributed by atoms with Crippen molar-refractivity contribution < 1.29 is 9.21 Å². The summed E-state index contributed by atoms with van der Waals surface area (Å²) in [7, 11) is 0. The lowest BCUT2D eigenvalue weighted by Gasteiger charge is -2.36. The minimum atomic E-state index is 0.00818. The summed E-state index contributed by atoms with van der Waals surface area (Å²) in [6.07, 6.45) is 1.65. The zero-order valence-corrected chi connectivity index (χ0v) is 17.8. The number of thioether (sulfide) groups is 1. The van der Waals surface area contributed by atoms with E-state index in [-0.39, 0.29) is 5.91 Å². The van der Waals surface area contributed by atoms with E-state index >= 15 is 0 Å². The lowest BCUT2D eigenvalue weighted by Crippen LogP contribution is -2.45. The third-order valence-electron chi connectivity index (χ3n) is 5.20. The Kier molecular flexibility index (Phi) is 7.11. The number of amides is 1. The van der Waals surface area contributed by atoms with Crippen molar-refractivity contribution in [3.63, 3.8) is 0 Å². The topological polar surface area (TPSA) is 48.7 Å². The molecule has 2 heterocycles. The lowest BCUT2D eigenvalue weighted by atomic mass is 10.2. The molecule has 6 heteroatoms. The molecule has 0 saturated carbocycles. The normalized spacial score (nSPS) is 14.6. The van der Waals surface area contributed by atoms with Crippen LogP contribution in [-0.4, -0.2) is 42.7 Å². The molecule has 1 N–H and O–H groups in total. The molecule has 0 unspecified atom stereocenters. The summed E-state index contributed by atoms with van der Waals surface area (Å²) in [6, 6.07) is 22.6. The summed E-state index contributed by atoms with van der Waals surface area (Å²) >= 11 is 1.55. The van der Waals surface area contributed by atoms with E-state index in [4.69, 9.17) is 4.42 Å². The maximum Gasteiger partial charge on any atom is 0.234 e. The smallest absolute Gasteiger partial charge is 0.234 e. The fourth-order valence-electron chi connectivity index (χ4n) is 3.60. The van der Waals surface area contributed by atoms with Crippen molar-refractivity contribution in [3.8, 4) is 0 Å². The van der Waals surface area contributed by atoms with Crippen LogP contribution in [0.15, 0.2) is 77.4 Å². The average Bonchev–Trinajstić information content (AvgIpc) is 3.29. The highest BCUT2D eigenvalue weighted by Crippen LogP contribution is 2.21. The van der Waals surface area contributed by atoms with E-state index in [1.54, 1.807) is 18.0 Å². The van der Waals surface area contributed by atoms with Gasteiger partial charge in [0.2, 0.25) is 5.91 Å². The highest BCUT2D eigenvalue weighted by Gasteiger charge is 2.17. The Morgan fingerprint density at radius 1 is 0.933 bits per heavy atom. The van der Waals surface area contributed by atoms with Crippen LogP contribution in [-0.2, 0) is 17.1 Å². The van der Waals surface area contributed by atoms with E-state index in [0.717, 1.165) is 44.2 Å². The van der Waals surface area contributed by atoms with Crippen molar-refractivity contribution in [1.82, 2.24) is 4.90 Å². The molecular formula is C24H27N3O2S. The van der Waals surface area contributed by atoms with Gasteiger partial charge in [-0.15, -0.1) is 11.8 Å². The van der Waals surface area contributed by atoms with E-state index in [9.17, 15) is 4.79 Å². The van der Waals surface area contributed by atoms with Gasteiger partial charge in [0.25, 0.3) is 0 Å². The van der Waals surface area contributed by atoms with Gasteiger partial charge in [-0.05, 0) is 42.0 Å². The van der Waals surface area contributed by atoms with Crippen molar-refractivity contribution in [2.75, 3.05) is 42.1 Å². The Morgan fingerprint density at radius 3 is 2.40 bits per heavy atom. The van der Waals surface area contributed by atoms with Gasteiger partial charge in [-0.1, -0.05) is 30.3 Å². The van der Waals surface area contributed by atoms with Crippen molar-refractivity contribution in [1.29, 1.82) is 0 Å². The molecule has 0 spiro atoms. The monoisotopic (exact) mass is 421 g/mol. The van der Waals surface area contributed by atoms with Gasteiger partial charge in [0.05, 0.1) is 17.8 Å². The minimum Gasteiger partial charge on any atom is -0.468 e. The Hall–Kier alpha value is -2.70. The zero-order valence-electron chi connectivity index (χ0n) is 17.0. The van der Waals surface area contributed by atoms with Gasteiger partial charge in [0, 0.05) is 44.1 Å². The maximum absolute atomic E-state index is 12.1. The molecule has 2 aromatic carbocycles. The number of nitrogens with zero attached hydrogens (tertiary/aromatic N) is 2. The highest BCUT2D eigenvalue weighted by atomic mass is 32.2. The van der Waals surface area contributed by atoms with Crippen molar-refractivity contribution >= 4 is 29.0 Å². The number of carbonyl (C=O) groups excluding carboxylic acids is 1. The first kappa shape index (κ1) is 20.6. The molecule has 0 bridgehead atoms. The third kappa shape index (κ3) is 5.90. The van der Waals surface area contributed by atoms with E-state index in [2.05, 4.69) is 57.6 Å². The maximum atomic E-state index is 12.1. The van der Waals surface area contributed by atoms with Crippen LogP contribution in [0, 0.1) is 0 Å². The van der Waals surface area contributed by atoms with Crippen molar-refractivity contribution in [2.45, 2.75) is 12.3 Å². The predicted molar refractivity (Wildman–Crippen MR) is 124 cm³/mol. The molecule has 1 aliphatic rings. The summed E-state index contributed by atoms with van der Waals surface area (Å²) < 4.78 is 5.28. The summed E-state index contributed by atoms with van der Waals surface area (Å²) in [5.41, 5.74) is 3.41. The molecule has 30 heavy (non-hydrogen) atoms. The van der Waals surface area contributed by atoms with Gasteiger partial charge in [-0.3, -0.25) is 9.69 Å². The summed E-state index contributed by atoms with van der Waals surface area (Å²) in [4.78, 5) is 17.0. The van der Waals surface area contributed by atoms with Gasteiger partial charge in [-0.2, -0.15) is 0 Å². The van der Waals surface area contributed by atoms with Crippen LogP contribution in [0.4, 0.5) is 11.4 Å². The van der Waals surface area contributed by atoms with E-state index in [0.29, 0.717) is 11.5 Å². The van der Waals surface area contributed by atoms with Gasteiger partial charge < -0.3 is 14.6 Å². The molecule has 0 aliphatic carbocycles. The van der Waals surface area contributed by atoms with Gasteiger partial charge in [0.1, 0.15) is 5.76 Å². The first-order chi connectivity index (χ1) is 14.8. The van der Waals surface area contributed by atoms with Crippen LogP contribution in [0.3, 0.4) is 0 Å². The number of rotatable bonds is 8. The van der Waals surface area contributed by atoms with Gasteiger partial charge in [0.15, 0.2) is 0 Å². The first-order valence-electron chi connectivity index (χ1n) is 10.3. The predicted octanol–water partition coefficient (Wildman–Crippen LogP) is 4.47. The van der Waals surface area contributed by atoms with Gasteiger partial charge in [-0.25, -0.2) is 0 Å². The number of piperazine rings is 1. The van der Waals surface area contributed by atoms with Crippen molar-refractivity contribution in [2.24, 2.45) is 0 Å². The summed E-state index contributed by atoms with van der Waals surface area (Å²) in [5, 5.41) is 2.97. The fourth-order valence-corrected chi connectivity index (χ4v) is 4.32. The highest BCUT2D eigenvalue weighted by molar-refractivity contribution is 7.99. The average molecular weight is 422 g/mol. The Labute approximate surface area is 182 Å². The van der Waals surface area contributed by atoms with Crippen LogP contribution in [0.5, 0.6) is 0 Å². The second-order valence-electron chi connectivity index (χ2n) is 7.42. The zero-order chi connectivity index (χ0) is 20.6. The van der Waals surface area contributed by atoms with Crippen LogP contribution in [0.2, 0.25) is 0 Å². The number of hydrogen-bond acceptors (Lipinski definition) is 5. The Bertz CT molecular complexity index is 905. The number of furan rings is 1. The summed E-state index contributed by atoms with van der Waals surface area (Å²) in [6.45, 7) is 5.15. The summed E-state index contributed by atoms with van der Waals surface area (Å²) in [5.74, 6) is 2.01. The van der Waals surface area contributed by atoms with Crippen molar-refractivity contribution in [3.05, 3.63) is 84.3 Å². The molecule has 1 aromatic heterocycles.